The maximum Gasteiger partial charge on any atom is 0.291 e. The van der Waals surface area contributed by atoms with Gasteiger partial charge in [0, 0.05) is 18.7 Å². The van der Waals surface area contributed by atoms with Gasteiger partial charge in [-0.2, -0.15) is 12.7 Å². The van der Waals surface area contributed by atoms with E-state index in [2.05, 4.69) is 20.2 Å². The molecule has 0 bridgehead atoms. The van der Waals surface area contributed by atoms with E-state index in [0.717, 1.165) is 5.56 Å². The lowest BCUT2D eigenvalue weighted by Crippen LogP contribution is -2.40. The molecule has 12 nitrogen and oxygen atoms in total. The fourth-order valence-electron chi connectivity index (χ4n) is 3.38. The summed E-state index contributed by atoms with van der Waals surface area (Å²) in [6.07, 6.45) is 0. The first kappa shape index (κ1) is 26.0. The number of sulfonamides is 2. The predicted octanol–water partition coefficient (Wildman–Crippen LogP) is 1.93. The second kappa shape index (κ2) is 10.5. The summed E-state index contributed by atoms with van der Waals surface area (Å²) in [4.78, 5) is 12.3. The molecule has 0 unspecified atom stereocenters. The topological polar surface area (TPSA) is 157 Å². The zero-order valence-corrected chi connectivity index (χ0v) is 21.7. The van der Waals surface area contributed by atoms with Gasteiger partial charge in [-0.25, -0.2) is 8.42 Å². The van der Waals surface area contributed by atoms with E-state index in [0.29, 0.717) is 16.9 Å². The molecule has 1 aromatic heterocycles. The number of anilines is 2. The summed E-state index contributed by atoms with van der Waals surface area (Å²) in [5, 5.41) is 9.92. The molecule has 0 radical (unpaired) electrons. The summed E-state index contributed by atoms with van der Waals surface area (Å²) in [7, 11) is -6.84. The lowest BCUT2D eigenvalue weighted by atomic mass is 10.1. The highest BCUT2D eigenvalue weighted by Crippen LogP contribution is 2.32. The standard InChI is InChI=1S/C21H23N5O7S3/c1-14-4-3-5-15(12-14)19(27)22-20-23-24-21(34-20)35(28,29)25-17-13-16(6-7-18(17)32-2)36(30,31)26-8-10-33-11-9-26/h3-7,12-13,25H,8-11H2,1-2H3,(H,22,23,27). The number of benzene rings is 2. The van der Waals surface area contributed by atoms with Crippen LogP contribution in [0.1, 0.15) is 15.9 Å². The number of carbonyl (C=O) groups is 1. The van der Waals surface area contributed by atoms with Gasteiger partial charge in [0.1, 0.15) is 5.75 Å². The molecule has 2 heterocycles. The number of nitrogens with one attached hydrogen (secondary N) is 2. The molecule has 1 fully saturated rings. The van der Waals surface area contributed by atoms with Crippen LogP contribution in [-0.4, -0.2) is 70.7 Å². The zero-order valence-electron chi connectivity index (χ0n) is 19.3. The van der Waals surface area contributed by atoms with Crippen LogP contribution in [0.4, 0.5) is 10.8 Å². The fraction of sp³-hybridized carbons (Fsp3) is 0.286. The van der Waals surface area contributed by atoms with Gasteiger partial charge in [-0.1, -0.05) is 29.0 Å². The number of morpholine rings is 1. The van der Waals surface area contributed by atoms with E-state index in [9.17, 15) is 21.6 Å². The Morgan fingerprint density at radius 2 is 1.83 bits per heavy atom. The van der Waals surface area contributed by atoms with Crippen molar-refractivity contribution >= 4 is 48.1 Å². The summed E-state index contributed by atoms with van der Waals surface area (Å²) >= 11 is 0.646. The van der Waals surface area contributed by atoms with Crippen LogP contribution >= 0.6 is 11.3 Å². The van der Waals surface area contributed by atoms with Gasteiger partial charge < -0.3 is 9.47 Å². The van der Waals surface area contributed by atoms with Crippen molar-refractivity contribution in [3.05, 3.63) is 53.6 Å². The van der Waals surface area contributed by atoms with E-state index in [1.807, 2.05) is 13.0 Å². The molecule has 192 valence electrons. The third-order valence-electron chi connectivity index (χ3n) is 5.16. The summed E-state index contributed by atoms with van der Waals surface area (Å²) in [5.74, 6) is -0.355. The van der Waals surface area contributed by atoms with E-state index < -0.39 is 30.3 Å². The number of aromatic nitrogens is 2. The Balaban J connectivity index is 1.56. The number of methoxy groups -OCH3 is 1. The highest BCUT2D eigenvalue weighted by atomic mass is 32.2. The summed E-state index contributed by atoms with van der Waals surface area (Å²) in [6, 6.07) is 10.7. The first-order valence-electron chi connectivity index (χ1n) is 10.6. The lowest BCUT2D eigenvalue weighted by molar-refractivity contribution is 0.0730. The lowest BCUT2D eigenvalue weighted by Gasteiger charge is -2.26. The summed E-state index contributed by atoms with van der Waals surface area (Å²) in [5.41, 5.74) is 1.18. The molecule has 1 aliphatic rings. The number of ether oxygens (including phenoxy) is 2. The van der Waals surface area contributed by atoms with Crippen molar-refractivity contribution in [2.24, 2.45) is 0 Å². The van der Waals surface area contributed by atoms with Crippen LogP contribution in [0.25, 0.3) is 0 Å². The highest BCUT2D eigenvalue weighted by Gasteiger charge is 2.29. The van der Waals surface area contributed by atoms with Gasteiger partial charge in [0.2, 0.25) is 15.2 Å². The normalized spacial score (nSPS) is 14.8. The van der Waals surface area contributed by atoms with Crippen molar-refractivity contribution < 1.29 is 31.1 Å². The van der Waals surface area contributed by atoms with Crippen molar-refractivity contribution in [3.63, 3.8) is 0 Å². The Bertz CT molecular complexity index is 1480. The molecular weight excluding hydrogens is 530 g/mol. The Labute approximate surface area is 212 Å². The molecule has 0 atom stereocenters. The van der Waals surface area contributed by atoms with Crippen LogP contribution in [0, 0.1) is 6.92 Å². The molecule has 36 heavy (non-hydrogen) atoms. The Morgan fingerprint density at radius 1 is 1.08 bits per heavy atom. The van der Waals surface area contributed by atoms with E-state index in [4.69, 9.17) is 9.47 Å². The average Bonchev–Trinajstić information content (AvgIpc) is 3.34. The molecule has 15 heteroatoms. The molecular formula is C21H23N5O7S3. The van der Waals surface area contributed by atoms with Gasteiger partial charge in [-0.05, 0) is 37.3 Å². The van der Waals surface area contributed by atoms with Crippen molar-refractivity contribution in [2.45, 2.75) is 16.2 Å². The fourth-order valence-corrected chi connectivity index (χ4v) is 6.77. The number of aryl methyl sites for hydroxylation is 1. The smallest absolute Gasteiger partial charge is 0.291 e. The quantitative estimate of drug-likeness (QED) is 0.398. The van der Waals surface area contributed by atoms with Crippen LogP contribution in [0.5, 0.6) is 5.75 Å². The Hall–Kier alpha value is -3.11. The third kappa shape index (κ3) is 5.65. The summed E-state index contributed by atoms with van der Waals surface area (Å²) < 4.78 is 65.6. The predicted molar refractivity (Wildman–Crippen MR) is 132 cm³/mol. The van der Waals surface area contributed by atoms with Gasteiger partial charge >= 0.3 is 0 Å². The average molecular weight is 554 g/mol. The number of rotatable bonds is 8. The molecule has 1 aliphatic heterocycles. The van der Waals surface area contributed by atoms with Crippen molar-refractivity contribution in [3.8, 4) is 5.75 Å². The molecule has 3 aromatic rings. The van der Waals surface area contributed by atoms with E-state index in [1.54, 1.807) is 18.2 Å². The maximum atomic E-state index is 13.0. The van der Waals surface area contributed by atoms with Crippen LogP contribution in [-0.2, 0) is 24.8 Å². The van der Waals surface area contributed by atoms with E-state index >= 15 is 0 Å². The largest absolute Gasteiger partial charge is 0.495 e. The maximum absolute atomic E-state index is 13.0. The van der Waals surface area contributed by atoms with E-state index in [-0.39, 0.29) is 47.8 Å². The summed E-state index contributed by atoms with van der Waals surface area (Å²) in [6.45, 7) is 2.77. The van der Waals surface area contributed by atoms with Crippen LogP contribution in [0.3, 0.4) is 0 Å². The first-order valence-corrected chi connectivity index (χ1v) is 14.3. The molecule has 0 saturated carbocycles. The number of hydrogen-bond acceptors (Lipinski definition) is 10. The van der Waals surface area contributed by atoms with Crippen molar-refractivity contribution in [1.29, 1.82) is 0 Å². The highest BCUT2D eigenvalue weighted by molar-refractivity contribution is 7.94. The third-order valence-corrected chi connectivity index (χ3v) is 9.63. The van der Waals surface area contributed by atoms with Gasteiger partial charge in [0.15, 0.2) is 0 Å². The molecule has 1 amide bonds. The van der Waals surface area contributed by atoms with Gasteiger partial charge in [0.25, 0.3) is 20.3 Å². The minimum atomic E-state index is -4.28. The molecule has 2 N–H and O–H groups in total. The van der Waals surface area contributed by atoms with Gasteiger partial charge in [-0.15, -0.1) is 10.2 Å². The minimum Gasteiger partial charge on any atom is -0.495 e. The van der Waals surface area contributed by atoms with Crippen LogP contribution in [0.15, 0.2) is 51.7 Å². The van der Waals surface area contributed by atoms with Crippen LogP contribution in [0.2, 0.25) is 0 Å². The molecule has 1 saturated heterocycles. The monoisotopic (exact) mass is 553 g/mol. The molecule has 0 aliphatic carbocycles. The number of hydrogen-bond donors (Lipinski definition) is 2. The van der Waals surface area contributed by atoms with E-state index in [1.165, 1.54) is 29.6 Å². The van der Waals surface area contributed by atoms with Crippen LogP contribution < -0.4 is 14.8 Å². The number of nitrogens with zero attached hydrogens (tertiary/aromatic N) is 3. The zero-order chi connectivity index (χ0) is 25.9. The van der Waals surface area contributed by atoms with Crippen molar-refractivity contribution in [1.82, 2.24) is 14.5 Å². The molecule has 0 spiro atoms. The Morgan fingerprint density at radius 3 is 2.53 bits per heavy atom. The number of carbonyl (C=O) groups excluding carboxylic acids is 1. The first-order chi connectivity index (χ1) is 17.1. The van der Waals surface area contributed by atoms with Crippen molar-refractivity contribution in [2.75, 3.05) is 43.5 Å². The van der Waals surface area contributed by atoms with Gasteiger partial charge in [0.05, 0.1) is 30.9 Å². The molecule has 4 rings (SSSR count). The second-order valence-corrected chi connectivity index (χ2v) is 12.5. The Kier molecular flexibility index (Phi) is 7.56. The number of amides is 1. The van der Waals surface area contributed by atoms with Gasteiger partial charge in [-0.3, -0.25) is 14.8 Å². The second-order valence-electron chi connectivity index (χ2n) is 7.68. The molecule has 2 aromatic carbocycles. The SMILES string of the molecule is COc1ccc(S(=O)(=O)N2CCOCC2)cc1NS(=O)(=O)c1nnc(NC(=O)c2cccc(C)c2)s1. The minimum absolute atomic E-state index is 0.0162.